The molecule has 0 saturated carbocycles. The Morgan fingerprint density at radius 2 is 2.12 bits per heavy atom. The van der Waals surface area contributed by atoms with Gasteiger partial charge in [0.25, 0.3) is 5.91 Å². The highest BCUT2D eigenvalue weighted by atomic mass is 16.1. The van der Waals surface area contributed by atoms with Crippen LogP contribution in [0.3, 0.4) is 0 Å². The molecule has 86 valence electrons. The first-order chi connectivity index (χ1) is 7.58. The molecule has 1 atom stereocenters. The first kappa shape index (κ1) is 11.0. The fourth-order valence-electron chi connectivity index (χ4n) is 1.92. The van der Waals surface area contributed by atoms with Gasteiger partial charge in [-0.3, -0.25) is 4.79 Å². The Balaban J connectivity index is 2.32. The summed E-state index contributed by atoms with van der Waals surface area (Å²) in [5.41, 5.74) is 2.80. The molecule has 0 spiro atoms. The summed E-state index contributed by atoms with van der Waals surface area (Å²) in [5, 5.41) is 6.39. The third-order valence-corrected chi connectivity index (χ3v) is 3.05. The average molecular weight is 218 g/mol. The number of hydrogen-bond donors (Lipinski definition) is 2. The lowest BCUT2D eigenvalue weighted by molar-refractivity contribution is 0.0933. The monoisotopic (exact) mass is 218 g/mol. The molecule has 1 amide bonds. The summed E-state index contributed by atoms with van der Waals surface area (Å²) in [7, 11) is 0. The first-order valence-corrected chi connectivity index (χ1v) is 5.73. The van der Waals surface area contributed by atoms with E-state index in [9.17, 15) is 4.79 Å². The normalized spacial score (nSPS) is 19.8. The van der Waals surface area contributed by atoms with Gasteiger partial charge < -0.3 is 10.6 Å². The molecular formula is C13H18N2O. The molecule has 0 aromatic heterocycles. The fourth-order valence-corrected chi connectivity index (χ4v) is 1.92. The molecule has 1 unspecified atom stereocenters. The molecule has 1 aromatic rings. The van der Waals surface area contributed by atoms with Gasteiger partial charge in [-0.25, -0.2) is 0 Å². The second-order valence-corrected chi connectivity index (χ2v) is 4.75. The highest BCUT2D eigenvalue weighted by molar-refractivity contribution is 6.00. The van der Waals surface area contributed by atoms with Crippen molar-refractivity contribution >= 4 is 11.6 Å². The summed E-state index contributed by atoms with van der Waals surface area (Å²) < 4.78 is 0. The minimum absolute atomic E-state index is 0.0300. The van der Waals surface area contributed by atoms with Crippen molar-refractivity contribution in [1.29, 1.82) is 0 Å². The molecule has 3 nitrogen and oxygen atoms in total. The topological polar surface area (TPSA) is 41.1 Å². The number of benzene rings is 1. The Labute approximate surface area is 96.2 Å². The second-order valence-electron chi connectivity index (χ2n) is 4.75. The SMILES string of the molecule is Cc1ccc2c(c1)C(=O)NC(C(C)C)CN2. The number of anilines is 1. The lowest BCUT2D eigenvalue weighted by Crippen LogP contribution is -2.40. The van der Waals surface area contributed by atoms with Gasteiger partial charge in [-0.15, -0.1) is 0 Å². The molecule has 2 rings (SSSR count). The molecule has 1 aliphatic rings. The quantitative estimate of drug-likeness (QED) is 0.758. The minimum atomic E-state index is 0.0300. The van der Waals surface area contributed by atoms with E-state index in [1.54, 1.807) is 0 Å². The molecule has 0 fully saturated rings. The summed E-state index contributed by atoms with van der Waals surface area (Å²) in [5.74, 6) is 0.467. The highest BCUT2D eigenvalue weighted by Gasteiger charge is 2.22. The van der Waals surface area contributed by atoms with E-state index < -0.39 is 0 Å². The predicted octanol–water partition coefficient (Wildman–Crippen LogP) is 2.17. The van der Waals surface area contributed by atoms with E-state index in [1.165, 1.54) is 0 Å². The zero-order valence-corrected chi connectivity index (χ0v) is 10.0. The zero-order valence-electron chi connectivity index (χ0n) is 10.0. The van der Waals surface area contributed by atoms with Gasteiger partial charge >= 0.3 is 0 Å². The summed E-state index contributed by atoms with van der Waals surface area (Å²) in [6, 6.07) is 6.13. The van der Waals surface area contributed by atoms with Crippen molar-refractivity contribution < 1.29 is 4.79 Å². The molecule has 0 saturated heterocycles. The van der Waals surface area contributed by atoms with Gasteiger partial charge in [0.15, 0.2) is 0 Å². The van der Waals surface area contributed by atoms with E-state index in [-0.39, 0.29) is 11.9 Å². The van der Waals surface area contributed by atoms with Crippen molar-refractivity contribution in [3.63, 3.8) is 0 Å². The first-order valence-electron chi connectivity index (χ1n) is 5.73. The van der Waals surface area contributed by atoms with Gasteiger partial charge in [-0.2, -0.15) is 0 Å². The predicted molar refractivity (Wildman–Crippen MR) is 65.8 cm³/mol. The van der Waals surface area contributed by atoms with Crippen molar-refractivity contribution in [3.8, 4) is 0 Å². The van der Waals surface area contributed by atoms with Gasteiger partial charge in [0.2, 0.25) is 0 Å². The van der Waals surface area contributed by atoms with Crippen molar-refractivity contribution in [2.75, 3.05) is 11.9 Å². The maximum Gasteiger partial charge on any atom is 0.253 e. The van der Waals surface area contributed by atoms with Crippen LogP contribution in [0.25, 0.3) is 0 Å². The maximum absolute atomic E-state index is 12.0. The van der Waals surface area contributed by atoms with Crippen LogP contribution >= 0.6 is 0 Å². The number of carbonyl (C=O) groups excluding carboxylic acids is 1. The molecule has 1 aromatic carbocycles. The molecule has 0 radical (unpaired) electrons. The Hall–Kier alpha value is -1.51. The molecule has 16 heavy (non-hydrogen) atoms. The third-order valence-electron chi connectivity index (χ3n) is 3.05. The Morgan fingerprint density at radius 1 is 1.38 bits per heavy atom. The second kappa shape index (κ2) is 4.16. The average Bonchev–Trinajstić information content (AvgIpc) is 2.39. The molecular weight excluding hydrogens is 200 g/mol. The van der Waals surface area contributed by atoms with Crippen LogP contribution in [0.4, 0.5) is 5.69 Å². The van der Waals surface area contributed by atoms with E-state index in [4.69, 9.17) is 0 Å². The molecule has 1 heterocycles. The van der Waals surface area contributed by atoms with Crippen LogP contribution in [0, 0.1) is 12.8 Å². The van der Waals surface area contributed by atoms with E-state index in [1.807, 2.05) is 25.1 Å². The maximum atomic E-state index is 12.0. The standard InChI is InChI=1S/C13H18N2O/c1-8(2)12-7-14-11-5-4-9(3)6-10(11)13(16)15-12/h4-6,8,12,14H,7H2,1-3H3,(H,15,16). The van der Waals surface area contributed by atoms with Crippen LogP contribution in [-0.4, -0.2) is 18.5 Å². The molecule has 3 heteroatoms. The largest absolute Gasteiger partial charge is 0.382 e. The smallest absolute Gasteiger partial charge is 0.253 e. The van der Waals surface area contributed by atoms with E-state index in [2.05, 4.69) is 24.5 Å². The number of carbonyl (C=O) groups is 1. The number of nitrogens with one attached hydrogen (secondary N) is 2. The zero-order chi connectivity index (χ0) is 11.7. The van der Waals surface area contributed by atoms with Crippen LogP contribution in [0.5, 0.6) is 0 Å². The lowest BCUT2D eigenvalue weighted by atomic mass is 10.0. The fraction of sp³-hybridized carbons (Fsp3) is 0.462. The Bertz CT molecular complexity index is 412. The minimum Gasteiger partial charge on any atom is -0.382 e. The highest BCUT2D eigenvalue weighted by Crippen LogP contribution is 2.20. The summed E-state index contributed by atoms with van der Waals surface area (Å²) in [4.78, 5) is 12.0. The molecule has 0 bridgehead atoms. The number of aryl methyl sites for hydroxylation is 1. The van der Waals surface area contributed by atoms with E-state index >= 15 is 0 Å². The van der Waals surface area contributed by atoms with Gasteiger partial charge in [0.05, 0.1) is 5.56 Å². The number of hydrogen-bond acceptors (Lipinski definition) is 2. The summed E-state index contributed by atoms with van der Waals surface area (Å²) in [6.07, 6.45) is 0. The van der Waals surface area contributed by atoms with Crippen molar-refractivity contribution in [2.24, 2.45) is 5.92 Å². The number of amides is 1. The van der Waals surface area contributed by atoms with Gasteiger partial charge in [0.1, 0.15) is 0 Å². The van der Waals surface area contributed by atoms with Crippen LogP contribution < -0.4 is 10.6 Å². The Morgan fingerprint density at radius 3 is 2.81 bits per heavy atom. The molecule has 2 N–H and O–H groups in total. The van der Waals surface area contributed by atoms with Crippen molar-refractivity contribution in [2.45, 2.75) is 26.8 Å². The summed E-state index contributed by atoms with van der Waals surface area (Å²) >= 11 is 0. The van der Waals surface area contributed by atoms with E-state index in [0.717, 1.165) is 23.4 Å². The van der Waals surface area contributed by atoms with Crippen LogP contribution in [0.15, 0.2) is 18.2 Å². The van der Waals surface area contributed by atoms with Gasteiger partial charge in [0, 0.05) is 18.3 Å². The third kappa shape index (κ3) is 2.03. The van der Waals surface area contributed by atoms with Crippen LogP contribution in [-0.2, 0) is 0 Å². The van der Waals surface area contributed by atoms with Crippen LogP contribution in [0.2, 0.25) is 0 Å². The number of rotatable bonds is 1. The lowest BCUT2D eigenvalue weighted by Gasteiger charge is -2.19. The Kier molecular flexibility index (Phi) is 2.86. The van der Waals surface area contributed by atoms with Crippen molar-refractivity contribution in [1.82, 2.24) is 5.32 Å². The number of fused-ring (bicyclic) bond motifs is 1. The van der Waals surface area contributed by atoms with Gasteiger partial charge in [-0.05, 0) is 25.0 Å². The van der Waals surface area contributed by atoms with Crippen LogP contribution in [0.1, 0.15) is 29.8 Å². The van der Waals surface area contributed by atoms with Gasteiger partial charge in [-0.1, -0.05) is 25.5 Å². The molecule has 0 aliphatic carbocycles. The van der Waals surface area contributed by atoms with Crippen molar-refractivity contribution in [3.05, 3.63) is 29.3 Å². The summed E-state index contributed by atoms with van der Waals surface area (Å²) in [6.45, 7) is 7.03. The molecule has 1 aliphatic heterocycles. The van der Waals surface area contributed by atoms with E-state index in [0.29, 0.717) is 5.92 Å².